The van der Waals surface area contributed by atoms with E-state index in [1.54, 1.807) is 0 Å². The van der Waals surface area contributed by atoms with Crippen molar-refractivity contribution in [1.29, 1.82) is 0 Å². The van der Waals surface area contributed by atoms with Gasteiger partial charge in [0, 0.05) is 18.3 Å². The number of benzene rings is 1. The zero-order chi connectivity index (χ0) is 13.7. The minimum Gasteiger partial charge on any atom is -0.481 e. The molecule has 0 heterocycles. The SMILES string of the molecule is CC1CCCCC1N(CCC(=O)O)c1ccccc1. The van der Waals surface area contributed by atoms with Crippen molar-refractivity contribution < 1.29 is 9.90 Å². The van der Waals surface area contributed by atoms with Gasteiger partial charge in [-0.25, -0.2) is 0 Å². The van der Waals surface area contributed by atoms with Crippen molar-refractivity contribution in [3.63, 3.8) is 0 Å². The van der Waals surface area contributed by atoms with Crippen LogP contribution < -0.4 is 4.90 Å². The van der Waals surface area contributed by atoms with Crippen LogP contribution >= 0.6 is 0 Å². The molecule has 19 heavy (non-hydrogen) atoms. The molecule has 0 amide bonds. The largest absolute Gasteiger partial charge is 0.481 e. The lowest BCUT2D eigenvalue weighted by atomic mass is 9.84. The molecule has 0 bridgehead atoms. The van der Waals surface area contributed by atoms with Gasteiger partial charge in [0.1, 0.15) is 0 Å². The lowest BCUT2D eigenvalue weighted by molar-refractivity contribution is -0.136. The number of anilines is 1. The molecule has 0 radical (unpaired) electrons. The fourth-order valence-electron chi connectivity index (χ4n) is 3.08. The van der Waals surface area contributed by atoms with Crippen molar-refractivity contribution in [1.82, 2.24) is 0 Å². The van der Waals surface area contributed by atoms with Gasteiger partial charge in [-0.1, -0.05) is 38.0 Å². The van der Waals surface area contributed by atoms with Gasteiger partial charge in [0.15, 0.2) is 0 Å². The van der Waals surface area contributed by atoms with E-state index in [4.69, 9.17) is 5.11 Å². The van der Waals surface area contributed by atoms with Gasteiger partial charge in [-0.3, -0.25) is 4.79 Å². The number of carboxylic acids is 1. The van der Waals surface area contributed by atoms with Crippen LogP contribution in [0.3, 0.4) is 0 Å². The smallest absolute Gasteiger partial charge is 0.305 e. The number of hydrogen-bond donors (Lipinski definition) is 1. The van der Waals surface area contributed by atoms with Crippen LogP contribution in [-0.2, 0) is 4.79 Å². The predicted molar refractivity (Wildman–Crippen MR) is 77.5 cm³/mol. The van der Waals surface area contributed by atoms with Crippen LogP contribution in [0.15, 0.2) is 30.3 Å². The summed E-state index contributed by atoms with van der Waals surface area (Å²) in [7, 11) is 0. The second kappa shape index (κ2) is 6.60. The van der Waals surface area contributed by atoms with E-state index in [2.05, 4.69) is 24.0 Å². The predicted octanol–water partition coefficient (Wildman–Crippen LogP) is 3.55. The molecule has 3 nitrogen and oxygen atoms in total. The Morgan fingerprint density at radius 3 is 2.58 bits per heavy atom. The van der Waals surface area contributed by atoms with E-state index in [1.807, 2.05) is 18.2 Å². The van der Waals surface area contributed by atoms with Gasteiger partial charge in [0.2, 0.25) is 0 Å². The molecule has 104 valence electrons. The third-order valence-corrected chi connectivity index (χ3v) is 4.12. The summed E-state index contributed by atoms with van der Waals surface area (Å²) in [6, 6.07) is 10.7. The summed E-state index contributed by atoms with van der Waals surface area (Å²) in [4.78, 5) is 13.2. The average Bonchev–Trinajstić information content (AvgIpc) is 2.42. The van der Waals surface area contributed by atoms with Gasteiger partial charge >= 0.3 is 5.97 Å². The molecule has 1 aliphatic rings. The maximum Gasteiger partial charge on any atom is 0.305 e. The first-order valence-corrected chi connectivity index (χ1v) is 7.22. The average molecular weight is 261 g/mol. The molecular weight excluding hydrogens is 238 g/mol. The van der Waals surface area contributed by atoms with E-state index in [-0.39, 0.29) is 6.42 Å². The first-order chi connectivity index (χ1) is 9.18. The fourth-order valence-corrected chi connectivity index (χ4v) is 3.08. The third kappa shape index (κ3) is 3.72. The second-order valence-electron chi connectivity index (χ2n) is 5.50. The lowest BCUT2D eigenvalue weighted by Gasteiger charge is -2.40. The number of carbonyl (C=O) groups is 1. The molecule has 1 fully saturated rings. The Bertz CT molecular complexity index is 404. The number of carboxylic acid groups (broad SMARTS) is 1. The summed E-state index contributed by atoms with van der Waals surface area (Å²) >= 11 is 0. The highest BCUT2D eigenvalue weighted by Crippen LogP contribution is 2.31. The van der Waals surface area contributed by atoms with Crippen LogP contribution in [-0.4, -0.2) is 23.7 Å². The lowest BCUT2D eigenvalue weighted by Crippen LogP contribution is -2.42. The monoisotopic (exact) mass is 261 g/mol. The molecule has 1 aliphatic carbocycles. The maximum atomic E-state index is 10.9. The first-order valence-electron chi connectivity index (χ1n) is 7.22. The van der Waals surface area contributed by atoms with E-state index in [1.165, 1.54) is 25.7 Å². The van der Waals surface area contributed by atoms with Crippen LogP contribution in [0.2, 0.25) is 0 Å². The molecule has 1 saturated carbocycles. The fraction of sp³-hybridized carbons (Fsp3) is 0.562. The Balaban J connectivity index is 2.15. The van der Waals surface area contributed by atoms with Gasteiger partial charge in [0.05, 0.1) is 6.42 Å². The Labute approximate surface area is 115 Å². The van der Waals surface area contributed by atoms with E-state index in [0.29, 0.717) is 18.5 Å². The topological polar surface area (TPSA) is 40.5 Å². The summed E-state index contributed by atoms with van der Waals surface area (Å²) < 4.78 is 0. The summed E-state index contributed by atoms with van der Waals surface area (Å²) in [6.07, 6.45) is 5.19. The van der Waals surface area contributed by atoms with Gasteiger partial charge in [-0.05, 0) is 30.9 Å². The van der Waals surface area contributed by atoms with Gasteiger partial charge in [-0.15, -0.1) is 0 Å². The Morgan fingerprint density at radius 2 is 1.95 bits per heavy atom. The summed E-state index contributed by atoms with van der Waals surface area (Å²) in [5.41, 5.74) is 1.16. The van der Waals surface area contributed by atoms with E-state index in [0.717, 1.165) is 5.69 Å². The Hall–Kier alpha value is -1.51. The van der Waals surface area contributed by atoms with Crippen LogP contribution in [0.5, 0.6) is 0 Å². The van der Waals surface area contributed by atoms with Crippen LogP contribution in [0.4, 0.5) is 5.69 Å². The highest BCUT2D eigenvalue weighted by Gasteiger charge is 2.27. The number of aliphatic carboxylic acids is 1. The molecule has 1 N–H and O–H groups in total. The van der Waals surface area contributed by atoms with E-state index in [9.17, 15) is 4.79 Å². The molecule has 1 aromatic carbocycles. The number of para-hydroxylation sites is 1. The molecular formula is C16H23NO2. The normalized spacial score (nSPS) is 23.0. The number of rotatable bonds is 5. The molecule has 2 atom stereocenters. The van der Waals surface area contributed by atoms with Gasteiger partial charge in [0.25, 0.3) is 0 Å². The van der Waals surface area contributed by atoms with E-state index < -0.39 is 5.97 Å². The molecule has 2 unspecified atom stereocenters. The van der Waals surface area contributed by atoms with E-state index >= 15 is 0 Å². The highest BCUT2D eigenvalue weighted by molar-refractivity contribution is 5.67. The zero-order valence-electron chi connectivity index (χ0n) is 11.6. The van der Waals surface area contributed by atoms with Gasteiger partial charge in [-0.2, -0.15) is 0 Å². The molecule has 2 rings (SSSR count). The van der Waals surface area contributed by atoms with Crippen LogP contribution in [0.1, 0.15) is 39.0 Å². The number of nitrogens with zero attached hydrogens (tertiary/aromatic N) is 1. The van der Waals surface area contributed by atoms with Crippen molar-refractivity contribution >= 4 is 11.7 Å². The van der Waals surface area contributed by atoms with Crippen molar-refractivity contribution in [3.8, 4) is 0 Å². The van der Waals surface area contributed by atoms with Crippen LogP contribution in [0, 0.1) is 5.92 Å². The van der Waals surface area contributed by atoms with Crippen molar-refractivity contribution in [2.75, 3.05) is 11.4 Å². The molecule has 0 saturated heterocycles. The molecule has 0 spiro atoms. The third-order valence-electron chi connectivity index (χ3n) is 4.12. The van der Waals surface area contributed by atoms with Gasteiger partial charge < -0.3 is 10.0 Å². The zero-order valence-corrected chi connectivity index (χ0v) is 11.6. The van der Waals surface area contributed by atoms with Crippen LogP contribution in [0.25, 0.3) is 0 Å². The second-order valence-corrected chi connectivity index (χ2v) is 5.50. The Morgan fingerprint density at radius 1 is 1.26 bits per heavy atom. The minimum absolute atomic E-state index is 0.206. The first kappa shape index (κ1) is 13.9. The molecule has 3 heteroatoms. The summed E-state index contributed by atoms with van der Waals surface area (Å²) in [5.74, 6) is -0.0767. The summed E-state index contributed by atoms with van der Waals surface area (Å²) in [5, 5.41) is 8.95. The highest BCUT2D eigenvalue weighted by atomic mass is 16.4. The minimum atomic E-state index is -0.718. The van der Waals surface area contributed by atoms with Crippen molar-refractivity contribution in [2.45, 2.75) is 45.1 Å². The number of hydrogen-bond acceptors (Lipinski definition) is 2. The molecule has 1 aromatic rings. The van der Waals surface area contributed by atoms with Crippen molar-refractivity contribution in [2.24, 2.45) is 5.92 Å². The quantitative estimate of drug-likeness (QED) is 0.881. The Kier molecular flexibility index (Phi) is 4.83. The molecule has 0 aromatic heterocycles. The maximum absolute atomic E-state index is 10.9. The standard InChI is InChI=1S/C16H23NO2/c1-13-7-5-6-10-15(13)17(12-11-16(18)19)14-8-3-2-4-9-14/h2-4,8-9,13,15H,5-7,10-12H2,1H3,(H,18,19). The molecule has 0 aliphatic heterocycles. The summed E-state index contributed by atoms with van der Waals surface area (Å²) in [6.45, 7) is 2.90. The van der Waals surface area contributed by atoms with Crippen molar-refractivity contribution in [3.05, 3.63) is 30.3 Å².